The third-order valence-corrected chi connectivity index (χ3v) is 10.5. The normalized spacial score (nSPS) is 11.6. The predicted octanol–water partition coefficient (Wildman–Crippen LogP) is 12.6. The van der Waals surface area contributed by atoms with Crippen LogP contribution in [0.5, 0.6) is 0 Å². The summed E-state index contributed by atoms with van der Waals surface area (Å²) < 4.78 is 8.81. The fourth-order valence-corrected chi connectivity index (χ4v) is 7.75. The molecule has 7 aromatic carbocycles. The molecule has 0 saturated carbocycles. The molecule has 6 nitrogen and oxygen atoms in total. The average molecular weight is 718 g/mol. The van der Waals surface area contributed by atoms with E-state index < -0.39 is 0 Å². The van der Waals surface area contributed by atoms with E-state index in [9.17, 15) is 0 Å². The van der Waals surface area contributed by atoms with E-state index in [1.807, 2.05) is 66.7 Å². The van der Waals surface area contributed by atoms with Crippen molar-refractivity contribution >= 4 is 38.4 Å². The van der Waals surface area contributed by atoms with Gasteiger partial charge in [-0.15, -0.1) is 0 Å². The van der Waals surface area contributed by atoms with Crippen molar-refractivity contribution in [3.05, 3.63) is 188 Å². The van der Waals surface area contributed by atoms with Gasteiger partial charge in [0.1, 0.15) is 16.8 Å². The van der Waals surface area contributed by atoms with Gasteiger partial charge in [-0.1, -0.05) is 146 Å². The second kappa shape index (κ2) is 13.0. The first-order valence-corrected chi connectivity index (χ1v) is 18.6. The first-order chi connectivity index (χ1) is 27.7. The van der Waals surface area contributed by atoms with Crippen LogP contribution in [-0.4, -0.2) is 24.3 Å². The van der Waals surface area contributed by atoms with Crippen LogP contribution in [-0.2, 0) is 0 Å². The minimum Gasteiger partial charge on any atom is -0.456 e. The second-order valence-electron chi connectivity index (χ2n) is 13.9. The quantitative estimate of drug-likeness (QED) is 0.171. The zero-order valence-corrected chi connectivity index (χ0v) is 30.0. The standard InChI is InChI=1S/C50H31N5O/c1-3-12-32(13-4-1)34-21-24-36(25-22-34)49-52-48(35-15-5-2-6-16-35)53-50(54-49)39-27-28-40-43(31-39)56-42-19-11-18-41(45(40)42)46-47(55-29-10-9-20-44(55)51-46)38-26-23-33-14-7-8-17-37(33)30-38/h1-31H. The predicted molar refractivity (Wildman–Crippen MR) is 226 cm³/mol. The van der Waals surface area contributed by atoms with Gasteiger partial charge in [0.05, 0.1) is 11.4 Å². The van der Waals surface area contributed by atoms with Crippen LogP contribution in [0.15, 0.2) is 193 Å². The lowest BCUT2D eigenvalue weighted by molar-refractivity contribution is 0.669. The van der Waals surface area contributed by atoms with Gasteiger partial charge in [0.2, 0.25) is 0 Å². The van der Waals surface area contributed by atoms with Gasteiger partial charge in [0, 0.05) is 44.8 Å². The summed E-state index contributed by atoms with van der Waals surface area (Å²) >= 11 is 0. The van der Waals surface area contributed by atoms with E-state index in [0.29, 0.717) is 17.5 Å². The molecule has 262 valence electrons. The number of nitrogens with zero attached hydrogens (tertiary/aromatic N) is 5. The van der Waals surface area contributed by atoms with Crippen LogP contribution in [0.1, 0.15) is 0 Å². The molecule has 56 heavy (non-hydrogen) atoms. The van der Waals surface area contributed by atoms with Crippen molar-refractivity contribution in [2.45, 2.75) is 0 Å². The van der Waals surface area contributed by atoms with Crippen LogP contribution in [0, 0.1) is 0 Å². The lowest BCUT2D eigenvalue weighted by Crippen LogP contribution is -2.00. The van der Waals surface area contributed by atoms with Crippen LogP contribution in [0.2, 0.25) is 0 Å². The molecule has 0 saturated heterocycles. The summed E-state index contributed by atoms with van der Waals surface area (Å²) in [4.78, 5) is 20.2. The van der Waals surface area contributed by atoms with E-state index in [4.69, 9.17) is 24.4 Å². The molecule has 0 aliphatic carbocycles. The van der Waals surface area contributed by atoms with E-state index in [1.54, 1.807) is 0 Å². The first kappa shape index (κ1) is 31.8. The molecule has 0 spiro atoms. The molecule has 0 N–H and O–H groups in total. The summed E-state index contributed by atoms with van der Waals surface area (Å²) in [6, 6.07) is 62.4. The highest BCUT2D eigenvalue weighted by atomic mass is 16.3. The van der Waals surface area contributed by atoms with Crippen molar-refractivity contribution in [2.75, 3.05) is 0 Å². The molecule has 0 atom stereocenters. The van der Waals surface area contributed by atoms with Crippen LogP contribution < -0.4 is 0 Å². The molecule has 0 aliphatic heterocycles. The molecule has 0 bridgehead atoms. The molecule has 0 fully saturated rings. The van der Waals surface area contributed by atoms with Crippen molar-refractivity contribution < 1.29 is 4.42 Å². The Balaban J connectivity index is 1.05. The molecular formula is C50H31N5O. The van der Waals surface area contributed by atoms with Gasteiger partial charge in [-0.05, 0) is 58.3 Å². The Bertz CT molecular complexity index is 3240. The molecule has 0 aliphatic rings. The molecule has 0 unspecified atom stereocenters. The Morgan fingerprint density at radius 1 is 0.393 bits per heavy atom. The zero-order chi connectivity index (χ0) is 37.0. The van der Waals surface area contributed by atoms with Gasteiger partial charge in [0.15, 0.2) is 17.5 Å². The van der Waals surface area contributed by atoms with Gasteiger partial charge in [-0.2, -0.15) is 0 Å². The minimum atomic E-state index is 0.572. The van der Waals surface area contributed by atoms with E-state index in [1.165, 1.54) is 10.8 Å². The number of benzene rings is 7. The summed E-state index contributed by atoms with van der Waals surface area (Å²) in [5.74, 6) is 1.79. The van der Waals surface area contributed by atoms with Crippen LogP contribution in [0.4, 0.5) is 0 Å². The number of furan rings is 1. The maximum absolute atomic E-state index is 6.63. The van der Waals surface area contributed by atoms with E-state index >= 15 is 0 Å². The van der Waals surface area contributed by atoms with Crippen molar-refractivity contribution in [2.24, 2.45) is 0 Å². The van der Waals surface area contributed by atoms with Crippen LogP contribution >= 0.6 is 0 Å². The van der Waals surface area contributed by atoms with E-state index in [0.717, 1.165) is 77.9 Å². The average Bonchev–Trinajstić information content (AvgIpc) is 3.85. The molecule has 0 amide bonds. The summed E-state index contributed by atoms with van der Waals surface area (Å²) in [6.07, 6.45) is 2.08. The third kappa shape index (κ3) is 5.43. The van der Waals surface area contributed by atoms with Crippen molar-refractivity contribution in [1.82, 2.24) is 24.3 Å². The summed E-state index contributed by atoms with van der Waals surface area (Å²) in [7, 11) is 0. The van der Waals surface area contributed by atoms with E-state index in [2.05, 4.69) is 126 Å². The smallest absolute Gasteiger partial charge is 0.164 e. The maximum Gasteiger partial charge on any atom is 0.164 e. The Hall–Kier alpha value is -7.70. The van der Waals surface area contributed by atoms with Crippen LogP contribution in [0.25, 0.3) is 106 Å². The third-order valence-electron chi connectivity index (χ3n) is 10.5. The van der Waals surface area contributed by atoms with Crippen molar-refractivity contribution in [3.8, 4) is 67.8 Å². The lowest BCUT2D eigenvalue weighted by Gasteiger charge is -2.09. The van der Waals surface area contributed by atoms with Gasteiger partial charge < -0.3 is 4.42 Å². The molecule has 11 rings (SSSR count). The number of hydrogen-bond donors (Lipinski definition) is 0. The Morgan fingerprint density at radius 2 is 1.00 bits per heavy atom. The number of aromatic nitrogens is 5. The van der Waals surface area contributed by atoms with Crippen molar-refractivity contribution in [1.29, 1.82) is 0 Å². The van der Waals surface area contributed by atoms with Gasteiger partial charge in [-0.3, -0.25) is 4.40 Å². The first-order valence-electron chi connectivity index (χ1n) is 18.6. The highest BCUT2D eigenvalue weighted by molar-refractivity contribution is 6.14. The monoisotopic (exact) mass is 717 g/mol. The topological polar surface area (TPSA) is 69.1 Å². The highest BCUT2D eigenvalue weighted by Crippen LogP contribution is 2.42. The van der Waals surface area contributed by atoms with Crippen molar-refractivity contribution in [3.63, 3.8) is 0 Å². The fraction of sp³-hybridized carbons (Fsp3) is 0. The molecular weight excluding hydrogens is 687 g/mol. The van der Waals surface area contributed by atoms with Gasteiger partial charge in [0.25, 0.3) is 0 Å². The zero-order valence-electron chi connectivity index (χ0n) is 30.0. The second-order valence-corrected chi connectivity index (χ2v) is 13.9. The number of rotatable bonds is 6. The highest BCUT2D eigenvalue weighted by Gasteiger charge is 2.22. The summed E-state index contributed by atoms with van der Waals surface area (Å²) in [5, 5.41) is 4.39. The van der Waals surface area contributed by atoms with Gasteiger partial charge >= 0.3 is 0 Å². The molecule has 4 heterocycles. The molecule has 4 aromatic heterocycles. The molecule has 11 aromatic rings. The Morgan fingerprint density at radius 3 is 1.79 bits per heavy atom. The van der Waals surface area contributed by atoms with Gasteiger partial charge in [-0.25, -0.2) is 19.9 Å². The number of imidazole rings is 1. The summed E-state index contributed by atoms with van der Waals surface area (Å²) in [5.41, 5.74) is 11.4. The lowest BCUT2D eigenvalue weighted by atomic mass is 9.98. The molecule has 6 heteroatoms. The number of fused-ring (bicyclic) bond motifs is 5. The van der Waals surface area contributed by atoms with E-state index in [-0.39, 0.29) is 0 Å². The fourth-order valence-electron chi connectivity index (χ4n) is 7.75. The summed E-state index contributed by atoms with van der Waals surface area (Å²) in [6.45, 7) is 0. The minimum absolute atomic E-state index is 0.572. The Labute approximate surface area is 322 Å². The maximum atomic E-state index is 6.63. The largest absolute Gasteiger partial charge is 0.456 e. The van der Waals surface area contributed by atoms with Crippen LogP contribution in [0.3, 0.4) is 0 Å². The molecule has 0 radical (unpaired) electrons. The number of hydrogen-bond acceptors (Lipinski definition) is 5. The SMILES string of the molecule is c1ccc(-c2ccc(-c3nc(-c4ccccc4)nc(-c4ccc5c(c4)oc4cccc(-c6nc7ccccn7c6-c6ccc7ccccc7c6)c45)n3)cc2)cc1. The Kier molecular flexibility index (Phi) is 7.38. The number of pyridine rings is 1.